The van der Waals surface area contributed by atoms with Crippen molar-refractivity contribution in [3.05, 3.63) is 0 Å². The van der Waals surface area contributed by atoms with Crippen LogP contribution in [0.4, 0.5) is 0 Å². The predicted octanol–water partition coefficient (Wildman–Crippen LogP) is 0.319. The molecule has 3 heterocycles. The van der Waals surface area contributed by atoms with Gasteiger partial charge >= 0.3 is 0 Å². The molecular weight excluding hydrogens is 282 g/mol. The van der Waals surface area contributed by atoms with Crippen LogP contribution in [0.5, 0.6) is 0 Å². The van der Waals surface area contributed by atoms with Gasteiger partial charge in [-0.1, -0.05) is 6.42 Å². The predicted molar refractivity (Wildman–Crippen MR) is 71.9 cm³/mol. The molecule has 20 heavy (non-hydrogen) atoms. The third kappa shape index (κ3) is 2.58. The molecule has 0 aliphatic carbocycles. The number of piperidine rings is 1. The van der Waals surface area contributed by atoms with Crippen molar-refractivity contribution in [3.8, 4) is 0 Å². The summed E-state index contributed by atoms with van der Waals surface area (Å²) in [7, 11) is -3.28. The minimum Gasteiger partial charge on any atom is -0.346 e. The Morgan fingerprint density at radius 3 is 2.60 bits per heavy atom. The molecule has 1 atom stereocenters. The first-order valence-electron chi connectivity index (χ1n) is 7.31. The molecule has 0 saturated carbocycles. The lowest BCUT2D eigenvalue weighted by atomic mass is 10.0. The van der Waals surface area contributed by atoms with Gasteiger partial charge in [0.15, 0.2) is 15.6 Å². The summed E-state index contributed by atoms with van der Waals surface area (Å²) in [6, 6.07) is 0. The maximum absolute atomic E-state index is 12.5. The summed E-state index contributed by atoms with van der Waals surface area (Å²) in [6.07, 6.45) is 3.49. The lowest BCUT2D eigenvalue weighted by molar-refractivity contribution is -0.193. The van der Waals surface area contributed by atoms with Crippen LogP contribution >= 0.6 is 0 Å². The summed E-state index contributed by atoms with van der Waals surface area (Å²) in [4.78, 5) is 14.2. The first-order valence-corrected chi connectivity index (χ1v) is 9.02. The number of hydrogen-bond donors (Lipinski definition) is 0. The SMILES string of the molecule is O=C(C1CCCCS1(=O)=O)N1CCCC2(C1)OCCO2. The van der Waals surface area contributed by atoms with Crippen LogP contribution in [0.2, 0.25) is 0 Å². The quantitative estimate of drug-likeness (QED) is 0.697. The van der Waals surface area contributed by atoms with Crippen LogP contribution in [0.3, 0.4) is 0 Å². The smallest absolute Gasteiger partial charge is 0.241 e. The van der Waals surface area contributed by atoms with Gasteiger partial charge in [0.2, 0.25) is 5.91 Å². The number of carbonyl (C=O) groups excluding carboxylic acids is 1. The van der Waals surface area contributed by atoms with E-state index in [9.17, 15) is 13.2 Å². The number of amides is 1. The number of likely N-dealkylation sites (tertiary alicyclic amines) is 1. The van der Waals surface area contributed by atoms with Crippen molar-refractivity contribution in [3.63, 3.8) is 0 Å². The van der Waals surface area contributed by atoms with Crippen LogP contribution in [-0.2, 0) is 24.1 Å². The van der Waals surface area contributed by atoms with Gasteiger partial charge in [-0.15, -0.1) is 0 Å². The Bertz CT molecular complexity index is 483. The zero-order chi connectivity index (χ0) is 14.2. The molecule has 1 amide bonds. The molecule has 6 nitrogen and oxygen atoms in total. The van der Waals surface area contributed by atoms with E-state index in [2.05, 4.69) is 0 Å². The Morgan fingerprint density at radius 1 is 1.15 bits per heavy atom. The van der Waals surface area contributed by atoms with Crippen molar-refractivity contribution in [2.75, 3.05) is 32.1 Å². The van der Waals surface area contributed by atoms with E-state index in [4.69, 9.17) is 9.47 Å². The second kappa shape index (κ2) is 5.27. The lowest BCUT2D eigenvalue weighted by Crippen LogP contribution is -2.55. The minimum absolute atomic E-state index is 0.134. The molecular formula is C13H21NO5S. The second-order valence-electron chi connectivity index (χ2n) is 5.82. The highest BCUT2D eigenvalue weighted by Crippen LogP contribution is 2.31. The van der Waals surface area contributed by atoms with E-state index in [1.165, 1.54) is 0 Å². The molecule has 0 N–H and O–H groups in total. The van der Waals surface area contributed by atoms with Crippen LogP contribution in [-0.4, -0.2) is 62.3 Å². The van der Waals surface area contributed by atoms with Crippen molar-refractivity contribution in [1.29, 1.82) is 0 Å². The van der Waals surface area contributed by atoms with Crippen LogP contribution in [0.15, 0.2) is 0 Å². The van der Waals surface area contributed by atoms with E-state index in [0.717, 1.165) is 19.3 Å². The number of ether oxygens (including phenoxy) is 2. The van der Waals surface area contributed by atoms with Crippen LogP contribution in [0, 0.1) is 0 Å². The Hall–Kier alpha value is -0.660. The fourth-order valence-corrected chi connectivity index (χ4v) is 5.22. The van der Waals surface area contributed by atoms with Crippen LogP contribution < -0.4 is 0 Å². The molecule has 3 aliphatic heterocycles. The highest BCUT2D eigenvalue weighted by atomic mass is 32.2. The Balaban J connectivity index is 1.73. The van der Waals surface area contributed by atoms with Crippen LogP contribution in [0.25, 0.3) is 0 Å². The van der Waals surface area contributed by atoms with Gasteiger partial charge in [0.25, 0.3) is 0 Å². The normalized spacial score (nSPS) is 32.4. The van der Waals surface area contributed by atoms with Crippen molar-refractivity contribution in [2.45, 2.75) is 43.1 Å². The molecule has 1 unspecified atom stereocenters. The third-order valence-corrected chi connectivity index (χ3v) is 6.56. The Labute approximate surface area is 119 Å². The fourth-order valence-electron chi connectivity index (χ4n) is 3.34. The van der Waals surface area contributed by atoms with Crippen LogP contribution in [0.1, 0.15) is 32.1 Å². The van der Waals surface area contributed by atoms with Gasteiger partial charge in [-0.25, -0.2) is 8.42 Å². The standard InChI is InChI=1S/C13H21NO5S/c15-12(11-4-1-2-9-20(11,16)17)14-6-3-5-13(10-14)18-7-8-19-13/h11H,1-10H2. The largest absolute Gasteiger partial charge is 0.346 e. The number of nitrogens with zero attached hydrogens (tertiary/aromatic N) is 1. The average molecular weight is 303 g/mol. The Kier molecular flexibility index (Phi) is 3.77. The minimum atomic E-state index is -3.28. The molecule has 3 rings (SSSR count). The van der Waals surface area contributed by atoms with E-state index in [1.54, 1.807) is 4.90 Å². The maximum atomic E-state index is 12.5. The molecule has 114 valence electrons. The summed E-state index contributed by atoms with van der Waals surface area (Å²) < 4.78 is 35.4. The third-order valence-electron chi connectivity index (χ3n) is 4.40. The van der Waals surface area contributed by atoms with Gasteiger partial charge in [-0.3, -0.25) is 4.79 Å². The van der Waals surface area contributed by atoms with Gasteiger partial charge in [-0.2, -0.15) is 0 Å². The lowest BCUT2D eigenvalue weighted by Gasteiger charge is -2.40. The number of carbonyl (C=O) groups is 1. The molecule has 3 saturated heterocycles. The van der Waals surface area contributed by atoms with Gasteiger partial charge in [0.05, 0.1) is 25.5 Å². The molecule has 7 heteroatoms. The molecule has 0 aromatic heterocycles. The second-order valence-corrected chi connectivity index (χ2v) is 8.13. The van der Waals surface area contributed by atoms with E-state index < -0.39 is 20.9 Å². The van der Waals surface area contributed by atoms with Gasteiger partial charge < -0.3 is 14.4 Å². The maximum Gasteiger partial charge on any atom is 0.241 e. The Morgan fingerprint density at radius 2 is 1.90 bits per heavy atom. The first-order chi connectivity index (χ1) is 9.53. The average Bonchev–Trinajstić information content (AvgIpc) is 2.85. The summed E-state index contributed by atoms with van der Waals surface area (Å²) >= 11 is 0. The van der Waals surface area contributed by atoms with Crippen molar-refractivity contribution < 1.29 is 22.7 Å². The molecule has 0 aromatic carbocycles. The van der Waals surface area contributed by atoms with E-state index in [-0.39, 0.29) is 11.7 Å². The molecule has 0 bridgehead atoms. The number of sulfone groups is 1. The summed E-state index contributed by atoms with van der Waals surface area (Å²) in [6.45, 7) is 2.05. The molecule has 3 fully saturated rings. The zero-order valence-corrected chi connectivity index (χ0v) is 12.4. The fraction of sp³-hybridized carbons (Fsp3) is 0.923. The van der Waals surface area contributed by atoms with Gasteiger partial charge in [0.1, 0.15) is 5.25 Å². The van der Waals surface area contributed by atoms with Gasteiger partial charge in [-0.05, 0) is 19.3 Å². The van der Waals surface area contributed by atoms with E-state index in [0.29, 0.717) is 39.1 Å². The van der Waals surface area contributed by atoms with Crippen molar-refractivity contribution >= 4 is 15.7 Å². The summed E-state index contributed by atoms with van der Waals surface area (Å²) in [5.74, 6) is -0.815. The summed E-state index contributed by atoms with van der Waals surface area (Å²) in [5.41, 5.74) is 0. The number of hydrogen-bond acceptors (Lipinski definition) is 5. The molecule has 3 aliphatic rings. The van der Waals surface area contributed by atoms with E-state index >= 15 is 0 Å². The molecule has 1 spiro atoms. The van der Waals surface area contributed by atoms with Crippen molar-refractivity contribution in [2.24, 2.45) is 0 Å². The monoisotopic (exact) mass is 303 g/mol. The van der Waals surface area contributed by atoms with Crippen molar-refractivity contribution in [1.82, 2.24) is 4.90 Å². The highest BCUT2D eigenvalue weighted by molar-refractivity contribution is 7.92. The van der Waals surface area contributed by atoms with E-state index in [1.807, 2.05) is 0 Å². The first kappa shape index (κ1) is 14.3. The van der Waals surface area contributed by atoms with Gasteiger partial charge in [0, 0.05) is 13.0 Å². The number of rotatable bonds is 1. The molecule has 0 aromatic rings. The topological polar surface area (TPSA) is 72.9 Å². The zero-order valence-electron chi connectivity index (χ0n) is 11.5. The molecule has 0 radical (unpaired) electrons. The highest BCUT2D eigenvalue weighted by Gasteiger charge is 2.45. The summed E-state index contributed by atoms with van der Waals surface area (Å²) in [5, 5.41) is -0.854.